The van der Waals surface area contributed by atoms with Crippen molar-refractivity contribution in [2.24, 2.45) is 0 Å². The molecule has 0 aliphatic carbocycles. The van der Waals surface area contributed by atoms with Crippen molar-refractivity contribution in [1.29, 1.82) is 0 Å². The van der Waals surface area contributed by atoms with E-state index < -0.39 is 0 Å². The summed E-state index contributed by atoms with van der Waals surface area (Å²) in [7, 11) is 1.63. The molecule has 2 rings (SSSR count). The Labute approximate surface area is 138 Å². The first-order valence-corrected chi connectivity index (χ1v) is 7.74. The number of rotatable bonds is 8. The van der Waals surface area contributed by atoms with Crippen molar-refractivity contribution in [3.63, 3.8) is 0 Å². The number of carbonyl (C=O) groups is 1. The number of nitrogens with zero attached hydrogens (tertiary/aromatic N) is 2. The van der Waals surface area contributed by atoms with Crippen LogP contribution in [0.25, 0.3) is 0 Å². The number of ether oxygens (including phenoxy) is 1. The zero-order valence-electron chi connectivity index (χ0n) is 12.4. The first-order chi connectivity index (χ1) is 10.7. The second-order valence-corrected chi connectivity index (χ2v) is 5.63. The van der Waals surface area contributed by atoms with Crippen LogP contribution in [0.5, 0.6) is 0 Å². The Kier molecular flexibility index (Phi) is 6.57. The minimum absolute atomic E-state index is 0.103. The highest BCUT2D eigenvalue weighted by atomic mass is 79.9. The first-order valence-electron chi connectivity index (χ1n) is 6.95. The molecule has 0 spiro atoms. The van der Waals surface area contributed by atoms with Gasteiger partial charge in [-0.1, -0.05) is 28.1 Å². The minimum atomic E-state index is -0.103. The SMILES string of the molecule is COCCNCC(=O)Nc1ccnn1Cc1ccc(Br)cc1. The minimum Gasteiger partial charge on any atom is -0.383 e. The van der Waals surface area contributed by atoms with Crippen molar-refractivity contribution in [3.8, 4) is 0 Å². The summed E-state index contributed by atoms with van der Waals surface area (Å²) >= 11 is 3.41. The molecule has 1 heterocycles. The third-order valence-corrected chi connectivity index (χ3v) is 3.53. The predicted octanol–water partition coefficient (Wildman–Crippen LogP) is 1.87. The molecule has 6 nitrogen and oxygen atoms in total. The normalized spacial score (nSPS) is 10.6. The van der Waals surface area contributed by atoms with E-state index in [9.17, 15) is 4.79 Å². The molecule has 22 heavy (non-hydrogen) atoms. The van der Waals surface area contributed by atoms with E-state index in [2.05, 4.69) is 31.7 Å². The standard InChI is InChI=1S/C15H19BrN4O2/c1-22-9-8-17-10-15(21)19-14-6-7-18-20(14)11-12-2-4-13(16)5-3-12/h2-7,17H,8-11H2,1H3,(H,19,21). The van der Waals surface area contributed by atoms with Crippen molar-refractivity contribution in [1.82, 2.24) is 15.1 Å². The Morgan fingerprint density at radius 3 is 2.82 bits per heavy atom. The molecule has 0 radical (unpaired) electrons. The molecule has 0 atom stereocenters. The molecule has 0 fully saturated rings. The molecular weight excluding hydrogens is 348 g/mol. The van der Waals surface area contributed by atoms with E-state index in [1.165, 1.54) is 0 Å². The average Bonchev–Trinajstić information content (AvgIpc) is 2.93. The number of benzene rings is 1. The second-order valence-electron chi connectivity index (χ2n) is 4.72. The number of aromatic nitrogens is 2. The molecule has 0 aliphatic rings. The Morgan fingerprint density at radius 1 is 1.32 bits per heavy atom. The summed E-state index contributed by atoms with van der Waals surface area (Å²) in [5.41, 5.74) is 1.11. The molecule has 118 valence electrons. The van der Waals surface area contributed by atoms with Crippen molar-refractivity contribution < 1.29 is 9.53 Å². The van der Waals surface area contributed by atoms with Gasteiger partial charge in [0.15, 0.2) is 0 Å². The van der Waals surface area contributed by atoms with Gasteiger partial charge >= 0.3 is 0 Å². The third kappa shape index (κ3) is 5.25. The van der Waals surface area contributed by atoms with Gasteiger partial charge < -0.3 is 15.4 Å². The van der Waals surface area contributed by atoms with Crippen LogP contribution in [0.15, 0.2) is 41.0 Å². The van der Waals surface area contributed by atoms with Crippen molar-refractivity contribution in [2.75, 3.05) is 32.1 Å². The van der Waals surface area contributed by atoms with Gasteiger partial charge in [0.1, 0.15) is 5.82 Å². The van der Waals surface area contributed by atoms with E-state index in [1.54, 1.807) is 24.1 Å². The summed E-state index contributed by atoms with van der Waals surface area (Å²) < 4.78 is 7.71. The fourth-order valence-corrected chi connectivity index (χ4v) is 2.16. The highest BCUT2D eigenvalue weighted by molar-refractivity contribution is 9.10. The second kappa shape index (κ2) is 8.67. The lowest BCUT2D eigenvalue weighted by Crippen LogP contribution is -2.31. The lowest BCUT2D eigenvalue weighted by molar-refractivity contribution is -0.115. The number of anilines is 1. The van der Waals surface area contributed by atoms with Gasteiger partial charge in [0.2, 0.25) is 5.91 Å². The maximum absolute atomic E-state index is 11.9. The van der Waals surface area contributed by atoms with Gasteiger partial charge in [0.05, 0.1) is 25.9 Å². The fraction of sp³-hybridized carbons (Fsp3) is 0.333. The molecule has 2 N–H and O–H groups in total. The van der Waals surface area contributed by atoms with Crippen LogP contribution in [-0.2, 0) is 16.1 Å². The van der Waals surface area contributed by atoms with E-state index in [4.69, 9.17) is 4.74 Å². The Hall–Kier alpha value is -1.70. The third-order valence-electron chi connectivity index (χ3n) is 3.00. The van der Waals surface area contributed by atoms with Gasteiger partial charge in [-0.3, -0.25) is 4.79 Å². The molecule has 2 aromatic rings. The van der Waals surface area contributed by atoms with E-state index in [0.717, 1.165) is 10.0 Å². The van der Waals surface area contributed by atoms with Gasteiger partial charge in [0.25, 0.3) is 0 Å². The number of hydrogen-bond donors (Lipinski definition) is 2. The first kappa shape index (κ1) is 16.7. The quantitative estimate of drug-likeness (QED) is 0.699. The van der Waals surface area contributed by atoms with E-state index in [-0.39, 0.29) is 12.5 Å². The largest absolute Gasteiger partial charge is 0.383 e. The summed E-state index contributed by atoms with van der Waals surface area (Å²) in [5, 5.41) is 10.1. The highest BCUT2D eigenvalue weighted by Crippen LogP contribution is 2.13. The van der Waals surface area contributed by atoms with Gasteiger partial charge in [0, 0.05) is 24.2 Å². The van der Waals surface area contributed by atoms with Gasteiger partial charge in [-0.05, 0) is 17.7 Å². The molecule has 1 amide bonds. The van der Waals surface area contributed by atoms with Crippen LogP contribution in [0.3, 0.4) is 0 Å². The van der Waals surface area contributed by atoms with Crippen LogP contribution in [0.4, 0.5) is 5.82 Å². The van der Waals surface area contributed by atoms with E-state index in [0.29, 0.717) is 25.5 Å². The molecule has 0 bridgehead atoms. The lowest BCUT2D eigenvalue weighted by Gasteiger charge is -2.10. The predicted molar refractivity (Wildman–Crippen MR) is 88.8 cm³/mol. The smallest absolute Gasteiger partial charge is 0.239 e. The molecule has 7 heteroatoms. The number of carbonyl (C=O) groups excluding carboxylic acids is 1. The molecule has 1 aromatic heterocycles. The monoisotopic (exact) mass is 366 g/mol. The van der Waals surface area contributed by atoms with Gasteiger partial charge in [-0.15, -0.1) is 0 Å². The zero-order chi connectivity index (χ0) is 15.8. The maximum Gasteiger partial charge on any atom is 0.239 e. The van der Waals surface area contributed by atoms with Gasteiger partial charge in [-0.2, -0.15) is 5.10 Å². The Balaban J connectivity index is 1.89. The van der Waals surface area contributed by atoms with Crippen LogP contribution in [0, 0.1) is 0 Å². The van der Waals surface area contributed by atoms with E-state index in [1.807, 2.05) is 24.3 Å². The number of amides is 1. The number of nitrogens with one attached hydrogen (secondary N) is 2. The number of hydrogen-bond acceptors (Lipinski definition) is 4. The highest BCUT2D eigenvalue weighted by Gasteiger charge is 2.07. The number of methoxy groups -OCH3 is 1. The molecular formula is C15H19BrN4O2. The van der Waals surface area contributed by atoms with E-state index >= 15 is 0 Å². The van der Waals surface area contributed by atoms with Crippen LogP contribution in [0.2, 0.25) is 0 Å². The summed E-state index contributed by atoms with van der Waals surface area (Å²) in [4.78, 5) is 11.9. The summed E-state index contributed by atoms with van der Waals surface area (Å²) in [6.07, 6.45) is 1.67. The zero-order valence-corrected chi connectivity index (χ0v) is 14.0. The van der Waals surface area contributed by atoms with Crippen LogP contribution < -0.4 is 10.6 Å². The van der Waals surface area contributed by atoms with Crippen molar-refractivity contribution in [3.05, 3.63) is 46.6 Å². The van der Waals surface area contributed by atoms with Crippen LogP contribution in [0.1, 0.15) is 5.56 Å². The molecule has 0 unspecified atom stereocenters. The maximum atomic E-state index is 11.9. The summed E-state index contributed by atoms with van der Waals surface area (Å²) in [6.45, 7) is 2.07. The Bertz CT molecular complexity index is 598. The molecule has 1 aromatic carbocycles. The molecule has 0 aliphatic heterocycles. The topological polar surface area (TPSA) is 68.2 Å². The molecule has 0 saturated heterocycles. The summed E-state index contributed by atoms with van der Waals surface area (Å²) in [6, 6.07) is 9.78. The summed E-state index contributed by atoms with van der Waals surface area (Å²) in [5.74, 6) is 0.579. The van der Waals surface area contributed by atoms with Crippen molar-refractivity contribution >= 4 is 27.7 Å². The Morgan fingerprint density at radius 2 is 2.09 bits per heavy atom. The van der Waals surface area contributed by atoms with Gasteiger partial charge in [-0.25, -0.2) is 4.68 Å². The number of halogens is 1. The average molecular weight is 367 g/mol. The fourth-order valence-electron chi connectivity index (χ4n) is 1.89. The van der Waals surface area contributed by atoms with Crippen LogP contribution in [-0.4, -0.2) is 42.5 Å². The molecule has 0 saturated carbocycles. The van der Waals surface area contributed by atoms with Crippen molar-refractivity contribution in [2.45, 2.75) is 6.54 Å². The lowest BCUT2D eigenvalue weighted by atomic mass is 10.2. The van der Waals surface area contributed by atoms with Crippen LogP contribution >= 0.6 is 15.9 Å².